The maximum atomic E-state index is 5.64. The molecule has 3 heterocycles. The molecule has 0 amide bonds. The van der Waals surface area contributed by atoms with Crippen molar-refractivity contribution in [2.24, 2.45) is 0 Å². The van der Waals surface area contributed by atoms with Crippen LogP contribution in [0.25, 0.3) is 5.95 Å². The van der Waals surface area contributed by atoms with Gasteiger partial charge in [-0.05, 0) is 45.4 Å². The molecule has 2 unspecified atom stereocenters. The number of aryl methyl sites for hydroxylation is 1. The molecule has 3 aromatic rings. The zero-order valence-corrected chi connectivity index (χ0v) is 19.5. The van der Waals surface area contributed by atoms with Crippen LogP contribution < -0.4 is 10.6 Å². The third-order valence-electron chi connectivity index (χ3n) is 5.72. The van der Waals surface area contributed by atoms with Crippen LogP contribution in [0.4, 0.5) is 0 Å². The number of benzene rings is 1. The average molecular weight is 449 g/mol. The van der Waals surface area contributed by atoms with E-state index in [0.717, 1.165) is 43.1 Å². The summed E-state index contributed by atoms with van der Waals surface area (Å²) in [5.41, 5.74) is 2.90. The molecule has 4 rings (SSSR count). The fourth-order valence-corrected chi connectivity index (χ4v) is 4.04. The van der Waals surface area contributed by atoms with E-state index in [1.165, 1.54) is 5.56 Å². The van der Waals surface area contributed by atoms with Gasteiger partial charge in [-0.3, -0.25) is 4.57 Å². The second-order valence-electron chi connectivity index (χ2n) is 8.73. The molecular weight excluding hydrogens is 416 g/mol. The Bertz CT molecular complexity index is 1050. The molecule has 0 bridgehead atoms. The van der Waals surface area contributed by atoms with Crippen LogP contribution >= 0.6 is 0 Å². The van der Waals surface area contributed by atoms with Gasteiger partial charge in [0.1, 0.15) is 18.3 Å². The first-order valence-corrected chi connectivity index (χ1v) is 11.3. The van der Waals surface area contributed by atoms with Gasteiger partial charge in [0.25, 0.3) is 0 Å². The standard InChI is InChI=1S/C25H32N6O2/c1-19-13-23(29-24(28-19)31-12-11-27-17-31)20(2)30-25(3,14-22-16-32-18-33-22)9-10-26-15-21-7-5-4-6-8-21/h4-8,11-13,16-17,20,26,30H,9-10,14-15,18H2,1-3H3. The summed E-state index contributed by atoms with van der Waals surface area (Å²) >= 11 is 0. The Morgan fingerprint density at radius 3 is 2.79 bits per heavy atom. The number of hydrogen-bond acceptors (Lipinski definition) is 7. The van der Waals surface area contributed by atoms with Crippen LogP contribution in [0, 0.1) is 6.92 Å². The SMILES string of the molecule is Cc1cc(C(C)NC(C)(CCNCc2ccccc2)CC2=COCO2)nc(-n2ccnc2)n1. The summed E-state index contributed by atoms with van der Waals surface area (Å²) in [6.07, 6.45) is 8.64. The predicted molar refractivity (Wildman–Crippen MR) is 126 cm³/mol. The molecule has 33 heavy (non-hydrogen) atoms. The van der Waals surface area contributed by atoms with Crippen molar-refractivity contribution in [3.05, 3.63) is 84.1 Å². The van der Waals surface area contributed by atoms with E-state index < -0.39 is 0 Å². The molecule has 2 atom stereocenters. The Morgan fingerprint density at radius 2 is 2.06 bits per heavy atom. The van der Waals surface area contributed by atoms with Crippen molar-refractivity contribution in [1.29, 1.82) is 0 Å². The molecule has 0 aliphatic carbocycles. The number of nitrogens with one attached hydrogen (secondary N) is 2. The van der Waals surface area contributed by atoms with Crippen LogP contribution in [-0.2, 0) is 16.0 Å². The van der Waals surface area contributed by atoms with Crippen LogP contribution in [0.5, 0.6) is 0 Å². The number of imidazole rings is 1. The van der Waals surface area contributed by atoms with Crippen LogP contribution in [0.2, 0.25) is 0 Å². The van der Waals surface area contributed by atoms with Crippen molar-refractivity contribution >= 4 is 0 Å². The van der Waals surface area contributed by atoms with E-state index in [2.05, 4.69) is 58.7 Å². The van der Waals surface area contributed by atoms with E-state index in [-0.39, 0.29) is 18.4 Å². The zero-order chi connectivity index (χ0) is 23.1. The first kappa shape index (κ1) is 22.9. The molecule has 0 saturated carbocycles. The highest BCUT2D eigenvalue weighted by Gasteiger charge is 2.30. The summed E-state index contributed by atoms with van der Waals surface area (Å²) in [4.78, 5) is 13.5. The van der Waals surface area contributed by atoms with Crippen LogP contribution in [0.1, 0.15) is 49.7 Å². The Morgan fingerprint density at radius 1 is 1.21 bits per heavy atom. The highest BCUT2D eigenvalue weighted by molar-refractivity contribution is 5.21. The molecular formula is C25H32N6O2. The quantitative estimate of drug-likeness (QED) is 0.432. The Labute approximate surface area is 195 Å². The maximum Gasteiger partial charge on any atom is 0.235 e. The molecule has 0 fully saturated rings. The van der Waals surface area contributed by atoms with Gasteiger partial charge in [0.2, 0.25) is 12.7 Å². The Hall–Kier alpha value is -3.23. The molecule has 8 nitrogen and oxygen atoms in total. The fourth-order valence-electron chi connectivity index (χ4n) is 4.04. The van der Waals surface area contributed by atoms with Crippen molar-refractivity contribution < 1.29 is 9.47 Å². The minimum absolute atomic E-state index is 0.0102. The number of hydrogen-bond donors (Lipinski definition) is 2. The molecule has 0 saturated heterocycles. The molecule has 1 aliphatic rings. The van der Waals surface area contributed by atoms with Crippen molar-refractivity contribution in [3.8, 4) is 5.95 Å². The summed E-state index contributed by atoms with van der Waals surface area (Å²) in [5, 5.41) is 7.37. The minimum atomic E-state index is -0.226. The lowest BCUT2D eigenvalue weighted by atomic mass is 9.91. The van der Waals surface area contributed by atoms with Crippen molar-refractivity contribution in [2.45, 2.75) is 51.7 Å². The third kappa shape index (κ3) is 6.40. The zero-order valence-electron chi connectivity index (χ0n) is 19.5. The second-order valence-corrected chi connectivity index (χ2v) is 8.73. The van der Waals surface area contributed by atoms with Crippen LogP contribution in [-0.4, -0.2) is 38.4 Å². The predicted octanol–water partition coefficient (Wildman–Crippen LogP) is 3.80. The van der Waals surface area contributed by atoms with Gasteiger partial charge >= 0.3 is 0 Å². The Balaban J connectivity index is 1.45. The highest BCUT2D eigenvalue weighted by Crippen LogP contribution is 2.27. The van der Waals surface area contributed by atoms with E-state index in [4.69, 9.17) is 14.5 Å². The highest BCUT2D eigenvalue weighted by atomic mass is 16.7. The van der Waals surface area contributed by atoms with Gasteiger partial charge in [-0.1, -0.05) is 30.3 Å². The van der Waals surface area contributed by atoms with Gasteiger partial charge in [0.05, 0.1) is 5.69 Å². The van der Waals surface area contributed by atoms with E-state index in [0.29, 0.717) is 5.95 Å². The maximum absolute atomic E-state index is 5.64. The van der Waals surface area contributed by atoms with Gasteiger partial charge in [0.15, 0.2) is 0 Å². The second kappa shape index (κ2) is 10.6. The van der Waals surface area contributed by atoms with Gasteiger partial charge in [-0.25, -0.2) is 15.0 Å². The minimum Gasteiger partial charge on any atom is -0.462 e. The van der Waals surface area contributed by atoms with Crippen molar-refractivity contribution in [1.82, 2.24) is 30.2 Å². The molecule has 174 valence electrons. The summed E-state index contributed by atoms with van der Waals surface area (Å²) in [6.45, 7) is 8.33. The molecule has 1 aromatic carbocycles. The van der Waals surface area contributed by atoms with E-state index in [1.807, 2.05) is 29.8 Å². The van der Waals surface area contributed by atoms with Crippen LogP contribution in [0.3, 0.4) is 0 Å². The van der Waals surface area contributed by atoms with Gasteiger partial charge in [0, 0.05) is 42.6 Å². The smallest absolute Gasteiger partial charge is 0.235 e. The molecule has 2 N–H and O–H groups in total. The first-order chi connectivity index (χ1) is 16.0. The average Bonchev–Trinajstić information content (AvgIpc) is 3.51. The van der Waals surface area contributed by atoms with Crippen molar-refractivity contribution in [2.75, 3.05) is 13.3 Å². The summed E-state index contributed by atoms with van der Waals surface area (Å²) in [6, 6.07) is 12.5. The fraction of sp³-hybridized carbons (Fsp3) is 0.400. The molecule has 0 spiro atoms. The largest absolute Gasteiger partial charge is 0.462 e. The van der Waals surface area contributed by atoms with E-state index >= 15 is 0 Å². The van der Waals surface area contributed by atoms with Gasteiger partial charge in [-0.2, -0.15) is 0 Å². The van der Waals surface area contributed by atoms with Gasteiger partial charge < -0.3 is 20.1 Å². The molecule has 8 heteroatoms. The number of rotatable bonds is 11. The Kier molecular flexibility index (Phi) is 7.36. The monoisotopic (exact) mass is 448 g/mol. The lowest BCUT2D eigenvalue weighted by Crippen LogP contribution is -2.46. The lowest BCUT2D eigenvalue weighted by Gasteiger charge is -2.34. The lowest BCUT2D eigenvalue weighted by molar-refractivity contribution is 0.0725. The molecule has 0 radical (unpaired) electrons. The van der Waals surface area contributed by atoms with Crippen LogP contribution in [0.15, 0.2) is 67.1 Å². The molecule has 1 aliphatic heterocycles. The van der Waals surface area contributed by atoms with Crippen molar-refractivity contribution in [3.63, 3.8) is 0 Å². The third-order valence-corrected chi connectivity index (χ3v) is 5.72. The van der Waals surface area contributed by atoms with E-state index in [9.17, 15) is 0 Å². The van der Waals surface area contributed by atoms with E-state index in [1.54, 1.807) is 18.8 Å². The summed E-state index contributed by atoms with van der Waals surface area (Å²) in [7, 11) is 0. The topological polar surface area (TPSA) is 86.1 Å². The summed E-state index contributed by atoms with van der Waals surface area (Å²) < 4.78 is 12.8. The van der Waals surface area contributed by atoms with Gasteiger partial charge in [-0.15, -0.1) is 0 Å². The number of nitrogens with zero attached hydrogens (tertiary/aromatic N) is 4. The normalized spacial score (nSPS) is 15.9. The number of ether oxygens (including phenoxy) is 2. The molecule has 2 aromatic heterocycles. The summed E-state index contributed by atoms with van der Waals surface area (Å²) in [5.74, 6) is 1.48. The first-order valence-electron chi connectivity index (χ1n) is 11.3. The number of aromatic nitrogens is 4.